The number of carbonyl (C=O) groups is 3. The molecule has 0 aromatic carbocycles. The maximum Gasteiger partial charge on any atom is 0.407 e. The molecule has 7 nitrogen and oxygen atoms in total. The maximum atomic E-state index is 11.6. The quantitative estimate of drug-likeness (QED) is 0.804. The Morgan fingerprint density at radius 1 is 1.40 bits per heavy atom. The molecule has 0 saturated carbocycles. The number of alkyl carbamates (subject to hydrolysis) is 1. The van der Waals surface area contributed by atoms with Gasteiger partial charge in [0.25, 0.3) is 0 Å². The van der Waals surface area contributed by atoms with Crippen LogP contribution in [0.25, 0.3) is 0 Å². The standard InChI is InChI=1S/C12H20N2O5S/c1-7(15)14-8(10(16)17)6-20-9(14)5-13-11(18)19-12(2,3)4/h8-9H,5-6H2,1-4H3,(H,13,18)(H,16,17)/t8-,9+/m0/s1. The number of nitrogens with zero attached hydrogens (tertiary/aromatic N) is 1. The first-order valence-corrected chi connectivity index (χ1v) is 7.27. The molecule has 1 aliphatic rings. The van der Waals surface area contributed by atoms with Crippen molar-refractivity contribution in [1.29, 1.82) is 0 Å². The molecule has 20 heavy (non-hydrogen) atoms. The summed E-state index contributed by atoms with van der Waals surface area (Å²) >= 11 is 1.33. The number of carboxylic acids is 1. The normalized spacial score (nSPS) is 22.5. The average Bonchev–Trinajstić information content (AvgIpc) is 2.67. The highest BCUT2D eigenvalue weighted by Gasteiger charge is 2.40. The van der Waals surface area contributed by atoms with E-state index in [0.717, 1.165) is 0 Å². The fourth-order valence-corrected chi connectivity index (χ4v) is 3.18. The first-order chi connectivity index (χ1) is 9.11. The molecule has 114 valence electrons. The van der Waals surface area contributed by atoms with E-state index >= 15 is 0 Å². The Balaban J connectivity index is 2.57. The van der Waals surface area contributed by atoms with Gasteiger partial charge in [-0.15, -0.1) is 11.8 Å². The third-order valence-corrected chi connectivity index (χ3v) is 3.85. The van der Waals surface area contributed by atoms with Crippen molar-refractivity contribution in [3.05, 3.63) is 0 Å². The third kappa shape index (κ3) is 4.59. The molecule has 0 aromatic rings. The van der Waals surface area contributed by atoms with Crippen LogP contribution in [0.4, 0.5) is 4.79 Å². The highest BCUT2D eigenvalue weighted by atomic mass is 32.2. The zero-order valence-corrected chi connectivity index (χ0v) is 12.8. The molecule has 1 rings (SSSR count). The largest absolute Gasteiger partial charge is 0.480 e. The summed E-state index contributed by atoms with van der Waals surface area (Å²) in [5.74, 6) is -1.04. The van der Waals surface area contributed by atoms with E-state index in [2.05, 4.69) is 5.32 Å². The van der Waals surface area contributed by atoms with Gasteiger partial charge in [0.2, 0.25) is 5.91 Å². The van der Waals surface area contributed by atoms with E-state index in [1.54, 1.807) is 20.8 Å². The number of nitrogens with one attached hydrogen (secondary N) is 1. The van der Waals surface area contributed by atoms with Gasteiger partial charge in [0, 0.05) is 12.7 Å². The van der Waals surface area contributed by atoms with Gasteiger partial charge in [-0.25, -0.2) is 9.59 Å². The lowest BCUT2D eigenvalue weighted by Gasteiger charge is -2.26. The van der Waals surface area contributed by atoms with Gasteiger partial charge in [-0.1, -0.05) is 0 Å². The number of carboxylic acid groups (broad SMARTS) is 1. The van der Waals surface area contributed by atoms with E-state index in [1.165, 1.54) is 23.6 Å². The minimum atomic E-state index is -1.03. The lowest BCUT2D eigenvalue weighted by molar-refractivity contribution is -0.148. The van der Waals surface area contributed by atoms with Gasteiger partial charge < -0.3 is 20.1 Å². The van der Waals surface area contributed by atoms with Crippen LogP contribution in [0, 0.1) is 0 Å². The SMILES string of the molecule is CC(=O)N1[C@@H](CNC(=O)OC(C)(C)C)SC[C@H]1C(=O)O. The van der Waals surface area contributed by atoms with Crippen molar-refractivity contribution in [3.63, 3.8) is 0 Å². The number of hydrogen-bond donors (Lipinski definition) is 2. The first kappa shape index (κ1) is 16.6. The Bertz CT molecular complexity index is 407. The number of amides is 2. The number of rotatable bonds is 3. The second kappa shape index (κ2) is 6.34. The summed E-state index contributed by atoms with van der Waals surface area (Å²) in [6.07, 6.45) is -0.583. The fourth-order valence-electron chi connectivity index (χ4n) is 1.82. The van der Waals surface area contributed by atoms with E-state index in [9.17, 15) is 14.4 Å². The van der Waals surface area contributed by atoms with Crippen molar-refractivity contribution in [2.75, 3.05) is 12.3 Å². The number of hydrogen-bond acceptors (Lipinski definition) is 5. The van der Waals surface area contributed by atoms with E-state index in [0.29, 0.717) is 5.75 Å². The summed E-state index contributed by atoms with van der Waals surface area (Å²) in [6, 6.07) is -0.845. The summed E-state index contributed by atoms with van der Waals surface area (Å²) in [7, 11) is 0. The van der Waals surface area contributed by atoms with Crippen molar-refractivity contribution in [2.45, 2.75) is 44.7 Å². The van der Waals surface area contributed by atoms with Gasteiger partial charge in [0.05, 0.1) is 11.9 Å². The molecule has 0 radical (unpaired) electrons. The second-order valence-electron chi connectivity index (χ2n) is 5.45. The van der Waals surface area contributed by atoms with Crippen molar-refractivity contribution in [2.24, 2.45) is 0 Å². The molecular formula is C12H20N2O5S. The molecule has 0 bridgehead atoms. The van der Waals surface area contributed by atoms with Gasteiger partial charge in [-0.05, 0) is 20.8 Å². The van der Waals surface area contributed by atoms with Crippen LogP contribution in [0.3, 0.4) is 0 Å². The van der Waals surface area contributed by atoms with Crippen molar-refractivity contribution in [1.82, 2.24) is 10.2 Å². The van der Waals surface area contributed by atoms with E-state index in [4.69, 9.17) is 9.84 Å². The third-order valence-electron chi connectivity index (χ3n) is 2.56. The van der Waals surface area contributed by atoms with Crippen LogP contribution < -0.4 is 5.32 Å². The number of aliphatic carboxylic acids is 1. The van der Waals surface area contributed by atoms with Crippen molar-refractivity contribution < 1.29 is 24.2 Å². The molecule has 2 N–H and O–H groups in total. The molecule has 0 aliphatic carbocycles. The smallest absolute Gasteiger partial charge is 0.407 e. The topological polar surface area (TPSA) is 95.9 Å². The Kier molecular flexibility index (Phi) is 5.27. The molecule has 1 fully saturated rings. The number of thioether (sulfide) groups is 1. The molecule has 1 heterocycles. The van der Waals surface area contributed by atoms with E-state index in [1.807, 2.05) is 0 Å². The first-order valence-electron chi connectivity index (χ1n) is 6.22. The lowest BCUT2D eigenvalue weighted by atomic mass is 10.2. The van der Waals surface area contributed by atoms with Crippen LogP contribution in [-0.2, 0) is 14.3 Å². The van der Waals surface area contributed by atoms with Gasteiger partial charge >= 0.3 is 12.1 Å². The van der Waals surface area contributed by atoms with Gasteiger partial charge in [-0.2, -0.15) is 0 Å². The lowest BCUT2D eigenvalue weighted by Crippen LogP contribution is -2.48. The zero-order chi connectivity index (χ0) is 15.5. The van der Waals surface area contributed by atoms with Crippen molar-refractivity contribution >= 4 is 29.7 Å². The minimum absolute atomic E-state index is 0.156. The molecule has 2 atom stereocenters. The fraction of sp³-hybridized carbons (Fsp3) is 0.750. The van der Waals surface area contributed by atoms with Crippen LogP contribution in [0.2, 0.25) is 0 Å². The molecule has 2 amide bonds. The molecule has 0 unspecified atom stereocenters. The van der Waals surface area contributed by atoms with E-state index in [-0.39, 0.29) is 17.8 Å². The van der Waals surface area contributed by atoms with Crippen LogP contribution in [0.15, 0.2) is 0 Å². The summed E-state index contributed by atoms with van der Waals surface area (Å²) in [4.78, 5) is 35.4. The predicted octanol–water partition coefficient (Wildman–Crippen LogP) is 0.886. The minimum Gasteiger partial charge on any atom is -0.480 e. The van der Waals surface area contributed by atoms with Crippen LogP contribution >= 0.6 is 11.8 Å². The highest BCUT2D eigenvalue weighted by molar-refractivity contribution is 8.00. The molecular weight excluding hydrogens is 284 g/mol. The van der Waals surface area contributed by atoms with Crippen LogP contribution in [0.5, 0.6) is 0 Å². The number of carbonyl (C=O) groups excluding carboxylic acids is 2. The van der Waals surface area contributed by atoms with Crippen LogP contribution in [0.1, 0.15) is 27.7 Å². The Morgan fingerprint density at radius 3 is 2.45 bits per heavy atom. The second-order valence-corrected chi connectivity index (χ2v) is 6.66. The summed E-state index contributed by atoms with van der Waals surface area (Å²) in [5, 5.41) is 11.2. The predicted molar refractivity (Wildman–Crippen MR) is 74.4 cm³/mol. The summed E-state index contributed by atoms with van der Waals surface area (Å²) in [6.45, 7) is 6.73. The van der Waals surface area contributed by atoms with Crippen molar-refractivity contribution in [3.8, 4) is 0 Å². The summed E-state index contributed by atoms with van der Waals surface area (Å²) in [5.41, 5.74) is -0.600. The molecule has 8 heteroatoms. The van der Waals surface area contributed by atoms with Gasteiger partial charge in [-0.3, -0.25) is 4.79 Å². The van der Waals surface area contributed by atoms with Crippen LogP contribution in [-0.4, -0.2) is 57.3 Å². The number of ether oxygens (including phenoxy) is 1. The zero-order valence-electron chi connectivity index (χ0n) is 12.0. The maximum absolute atomic E-state index is 11.6. The Labute approximate surface area is 122 Å². The summed E-state index contributed by atoms with van der Waals surface area (Å²) < 4.78 is 5.09. The van der Waals surface area contributed by atoms with Gasteiger partial charge in [0.1, 0.15) is 11.6 Å². The van der Waals surface area contributed by atoms with E-state index < -0.39 is 23.7 Å². The monoisotopic (exact) mass is 304 g/mol. The van der Waals surface area contributed by atoms with Gasteiger partial charge in [0.15, 0.2) is 0 Å². The average molecular weight is 304 g/mol. The molecule has 1 saturated heterocycles. The molecule has 0 aromatic heterocycles. The Morgan fingerprint density at radius 2 is 2.00 bits per heavy atom. The molecule has 1 aliphatic heterocycles. The molecule has 0 spiro atoms. The Hall–Kier alpha value is -1.44. The highest BCUT2D eigenvalue weighted by Crippen LogP contribution is 2.28.